The van der Waals surface area contributed by atoms with Crippen LogP contribution >= 0.6 is 39.5 Å². The van der Waals surface area contributed by atoms with Crippen molar-refractivity contribution in [2.75, 3.05) is 23.5 Å². The van der Waals surface area contributed by atoms with E-state index in [1.54, 1.807) is 17.8 Å². The minimum Gasteiger partial charge on any atom is -0.480 e. The van der Waals surface area contributed by atoms with Crippen LogP contribution in [-0.2, 0) is 22.6 Å². The van der Waals surface area contributed by atoms with Gasteiger partial charge in [-0.3, -0.25) is 4.79 Å². The average Bonchev–Trinajstić information content (AvgIpc) is 2.92. The van der Waals surface area contributed by atoms with Gasteiger partial charge in [-0.1, -0.05) is 65.3 Å². The highest BCUT2D eigenvalue weighted by molar-refractivity contribution is 9.10. The topological polar surface area (TPSA) is 75.6 Å². The Bertz CT molecular complexity index is 1250. The zero-order valence-electron chi connectivity index (χ0n) is 22.6. The van der Waals surface area contributed by atoms with Gasteiger partial charge in [-0.25, -0.2) is 4.79 Å². The number of carboxylic acid groups (broad SMARTS) is 1. The Morgan fingerprint density at radius 3 is 2.51 bits per heavy atom. The van der Waals surface area contributed by atoms with Crippen molar-refractivity contribution in [3.8, 4) is 11.1 Å². The highest BCUT2D eigenvalue weighted by atomic mass is 79.9. The van der Waals surface area contributed by atoms with Gasteiger partial charge in [-0.05, 0) is 89.6 Å². The summed E-state index contributed by atoms with van der Waals surface area (Å²) in [5.74, 6) is 1.15. The summed E-state index contributed by atoms with van der Waals surface area (Å²) in [5.41, 5.74) is 5.38. The number of hydrogen-bond acceptors (Lipinski definition) is 5. The molecule has 0 aliphatic heterocycles. The molecule has 0 aliphatic carbocycles. The van der Waals surface area contributed by atoms with Crippen molar-refractivity contribution in [2.45, 2.75) is 45.4 Å². The molecule has 0 fully saturated rings. The Hall–Kier alpha value is -2.26. The van der Waals surface area contributed by atoms with Gasteiger partial charge in [0.2, 0.25) is 0 Å². The van der Waals surface area contributed by atoms with Gasteiger partial charge < -0.3 is 15.2 Å². The fraction of sp³-hybridized carbons (Fsp3) is 0.355. The summed E-state index contributed by atoms with van der Waals surface area (Å²) >= 11 is 6.97. The molecule has 2 atom stereocenters. The Morgan fingerprint density at radius 1 is 1.03 bits per heavy atom. The van der Waals surface area contributed by atoms with Crippen molar-refractivity contribution in [1.29, 1.82) is 0 Å². The lowest BCUT2D eigenvalue weighted by Crippen LogP contribution is -2.41. The molecular formula is C31H36BrNO4S2. The zero-order valence-corrected chi connectivity index (χ0v) is 25.8. The third-order valence-corrected chi connectivity index (χ3v) is 8.48. The highest BCUT2D eigenvalue weighted by Crippen LogP contribution is 2.29. The molecule has 0 spiro atoms. The fourth-order valence-electron chi connectivity index (χ4n) is 4.26. The lowest BCUT2D eigenvalue weighted by molar-refractivity contribution is -0.139. The predicted molar refractivity (Wildman–Crippen MR) is 168 cm³/mol. The number of benzene rings is 3. The molecule has 0 radical (unpaired) electrons. The molecule has 1 amide bonds. The van der Waals surface area contributed by atoms with Crippen LogP contribution < -0.4 is 5.32 Å². The van der Waals surface area contributed by atoms with Gasteiger partial charge in [-0.15, -0.1) is 0 Å². The maximum absolute atomic E-state index is 13.3. The minimum absolute atomic E-state index is 0.0434. The van der Waals surface area contributed by atoms with E-state index in [2.05, 4.69) is 40.3 Å². The normalized spacial score (nSPS) is 12.6. The molecular weight excluding hydrogens is 594 g/mol. The lowest BCUT2D eigenvalue weighted by atomic mass is 9.93. The van der Waals surface area contributed by atoms with Crippen LogP contribution in [0.4, 0.5) is 0 Å². The van der Waals surface area contributed by atoms with Crippen LogP contribution in [0.15, 0.2) is 71.2 Å². The van der Waals surface area contributed by atoms with E-state index >= 15 is 0 Å². The number of aliphatic carboxylic acids is 1. The standard InChI is InChI=1S/C31H36BrNO4S2/c1-4-39-20-25(17-22-9-7-10-24(32)16-22)37-19-23-12-13-27(28(18-23)26-11-6-5-8-21(26)2)30(34)33-29(31(35)36)14-15-38-3/h5-13,16,18,25,29H,4,14-15,17,19-20H2,1-3H3,(H,33,34)(H,35,36)/t25-,29+/m1/s1. The van der Waals surface area contributed by atoms with E-state index < -0.39 is 12.0 Å². The number of amides is 1. The van der Waals surface area contributed by atoms with Crippen LogP contribution in [0.1, 0.15) is 40.4 Å². The van der Waals surface area contributed by atoms with E-state index in [0.29, 0.717) is 24.3 Å². The van der Waals surface area contributed by atoms with E-state index in [1.807, 2.05) is 73.5 Å². The Balaban J connectivity index is 1.86. The summed E-state index contributed by atoms with van der Waals surface area (Å²) in [6.07, 6.45) is 3.14. The quantitative estimate of drug-likeness (QED) is 0.184. The number of halogens is 1. The number of carbonyl (C=O) groups excluding carboxylic acids is 1. The number of hydrogen-bond donors (Lipinski definition) is 2. The average molecular weight is 631 g/mol. The van der Waals surface area contributed by atoms with Crippen LogP contribution in [-0.4, -0.2) is 52.6 Å². The molecule has 0 bridgehead atoms. The fourth-order valence-corrected chi connectivity index (χ4v) is 5.89. The first-order valence-electron chi connectivity index (χ1n) is 13.0. The SMILES string of the molecule is CCSC[C@@H](Cc1cccc(Br)c1)OCc1ccc(C(=O)N[C@@H](CCSC)C(=O)O)c(-c2ccccc2C)c1. The van der Waals surface area contributed by atoms with Crippen molar-refractivity contribution in [1.82, 2.24) is 5.32 Å². The van der Waals surface area contributed by atoms with Gasteiger partial charge in [0.05, 0.1) is 12.7 Å². The number of aryl methyl sites for hydroxylation is 1. The smallest absolute Gasteiger partial charge is 0.326 e. The monoisotopic (exact) mass is 629 g/mol. The summed E-state index contributed by atoms with van der Waals surface area (Å²) in [7, 11) is 0. The molecule has 0 saturated carbocycles. The first-order chi connectivity index (χ1) is 18.8. The predicted octanol–water partition coefficient (Wildman–Crippen LogP) is 7.24. The molecule has 0 aliphatic rings. The van der Waals surface area contributed by atoms with Gasteiger partial charge in [0.15, 0.2) is 0 Å². The van der Waals surface area contributed by atoms with Gasteiger partial charge in [-0.2, -0.15) is 23.5 Å². The molecule has 0 saturated heterocycles. The number of rotatable bonds is 15. The second-order valence-electron chi connectivity index (χ2n) is 9.27. The third-order valence-electron chi connectivity index (χ3n) is 6.32. The van der Waals surface area contributed by atoms with E-state index in [9.17, 15) is 14.7 Å². The largest absolute Gasteiger partial charge is 0.480 e. The maximum Gasteiger partial charge on any atom is 0.326 e. The summed E-state index contributed by atoms with van der Waals surface area (Å²) in [6, 6.07) is 21.0. The minimum atomic E-state index is -1.03. The summed E-state index contributed by atoms with van der Waals surface area (Å²) < 4.78 is 7.47. The molecule has 39 heavy (non-hydrogen) atoms. The Labute approximate surface area is 248 Å². The molecule has 3 rings (SSSR count). The van der Waals surface area contributed by atoms with Crippen molar-refractivity contribution in [3.05, 3.63) is 93.5 Å². The van der Waals surface area contributed by atoms with E-state index in [0.717, 1.165) is 44.7 Å². The summed E-state index contributed by atoms with van der Waals surface area (Å²) in [4.78, 5) is 25.1. The molecule has 0 aromatic heterocycles. The van der Waals surface area contributed by atoms with Gasteiger partial charge in [0.1, 0.15) is 6.04 Å². The van der Waals surface area contributed by atoms with Gasteiger partial charge in [0, 0.05) is 15.8 Å². The van der Waals surface area contributed by atoms with E-state index in [4.69, 9.17) is 4.74 Å². The van der Waals surface area contributed by atoms with Crippen LogP contribution in [0.5, 0.6) is 0 Å². The molecule has 8 heteroatoms. The highest BCUT2D eigenvalue weighted by Gasteiger charge is 2.23. The molecule has 3 aromatic rings. The number of thioether (sulfide) groups is 2. The third kappa shape index (κ3) is 9.71. The number of nitrogens with one attached hydrogen (secondary N) is 1. The summed E-state index contributed by atoms with van der Waals surface area (Å²) in [6.45, 7) is 4.57. The Morgan fingerprint density at radius 2 is 1.82 bits per heavy atom. The molecule has 2 N–H and O–H groups in total. The molecule has 5 nitrogen and oxygen atoms in total. The second-order valence-corrected chi connectivity index (χ2v) is 12.5. The first kappa shape index (κ1) is 31.3. The Kier molecular flexibility index (Phi) is 12.9. The number of carbonyl (C=O) groups is 2. The molecule has 208 valence electrons. The van der Waals surface area contributed by atoms with Crippen molar-refractivity contribution >= 4 is 51.3 Å². The van der Waals surface area contributed by atoms with E-state index in [1.165, 1.54) is 5.56 Å². The van der Waals surface area contributed by atoms with Crippen LogP contribution in [0.25, 0.3) is 11.1 Å². The van der Waals surface area contributed by atoms with E-state index in [-0.39, 0.29) is 12.0 Å². The van der Waals surface area contributed by atoms with Gasteiger partial charge in [0.25, 0.3) is 5.91 Å². The van der Waals surface area contributed by atoms with Crippen LogP contribution in [0, 0.1) is 6.92 Å². The van der Waals surface area contributed by atoms with Crippen molar-refractivity contribution < 1.29 is 19.4 Å². The van der Waals surface area contributed by atoms with Gasteiger partial charge >= 0.3 is 5.97 Å². The second kappa shape index (κ2) is 16.1. The van der Waals surface area contributed by atoms with Crippen molar-refractivity contribution in [2.24, 2.45) is 0 Å². The number of carboxylic acids is 1. The zero-order chi connectivity index (χ0) is 28.2. The maximum atomic E-state index is 13.3. The molecule has 0 heterocycles. The van der Waals surface area contributed by atoms with Crippen molar-refractivity contribution in [3.63, 3.8) is 0 Å². The lowest BCUT2D eigenvalue weighted by Gasteiger charge is -2.20. The first-order valence-corrected chi connectivity index (χ1v) is 16.3. The van der Waals surface area contributed by atoms with Crippen LogP contribution in [0.2, 0.25) is 0 Å². The molecule has 3 aromatic carbocycles. The summed E-state index contributed by atoms with van der Waals surface area (Å²) in [5, 5.41) is 12.4. The molecule has 0 unspecified atom stereocenters. The number of ether oxygens (including phenoxy) is 1. The van der Waals surface area contributed by atoms with Crippen LogP contribution in [0.3, 0.4) is 0 Å².